The van der Waals surface area contributed by atoms with Crippen molar-refractivity contribution in [2.75, 3.05) is 11.9 Å². The summed E-state index contributed by atoms with van der Waals surface area (Å²) in [4.78, 5) is 49.5. The maximum atomic E-state index is 12.8. The molecule has 0 saturated carbocycles. The quantitative estimate of drug-likeness (QED) is 0.836. The fourth-order valence-corrected chi connectivity index (χ4v) is 3.26. The van der Waals surface area contributed by atoms with Gasteiger partial charge in [-0.05, 0) is 43.5 Å². The molecule has 2 heterocycles. The Labute approximate surface area is 161 Å². The van der Waals surface area contributed by atoms with Gasteiger partial charge in [0.15, 0.2) is 0 Å². The Kier molecular flexibility index (Phi) is 5.58. The average molecular weight is 383 g/mol. The number of likely N-dealkylation sites (tertiary alicyclic amines) is 1. The molecular formula is C20H21N3O5. The van der Waals surface area contributed by atoms with Gasteiger partial charge in [0.25, 0.3) is 11.8 Å². The zero-order valence-electron chi connectivity index (χ0n) is 15.4. The number of aryl methyl sites for hydroxylation is 1. The third kappa shape index (κ3) is 4.11. The standard InChI is InChI=1S/C20H21N3O5/c1-22-12-14(8-9-17(22)24)18(25)21-15-6-4-5-13(11-15)19(26)23-10-3-2-7-16(23)20(27)28/h4-6,8-9,11-12,16H,2-3,7,10H2,1H3,(H,21,25)(H,27,28). The second-order valence-corrected chi connectivity index (χ2v) is 6.75. The van der Waals surface area contributed by atoms with Crippen molar-refractivity contribution in [1.29, 1.82) is 0 Å². The normalized spacial score (nSPS) is 16.5. The first kappa shape index (κ1) is 19.3. The zero-order valence-corrected chi connectivity index (χ0v) is 15.4. The highest BCUT2D eigenvalue weighted by molar-refractivity contribution is 6.05. The lowest BCUT2D eigenvalue weighted by Crippen LogP contribution is -2.48. The van der Waals surface area contributed by atoms with Crippen molar-refractivity contribution >= 4 is 23.5 Å². The number of carboxylic acids is 1. The lowest BCUT2D eigenvalue weighted by Gasteiger charge is -2.33. The van der Waals surface area contributed by atoms with Gasteiger partial charge in [0.05, 0.1) is 5.56 Å². The topological polar surface area (TPSA) is 109 Å². The summed E-state index contributed by atoms with van der Waals surface area (Å²) < 4.78 is 1.30. The van der Waals surface area contributed by atoms with Crippen LogP contribution in [0.3, 0.4) is 0 Å². The SMILES string of the molecule is Cn1cc(C(=O)Nc2cccc(C(=O)N3CCCCC3C(=O)O)c2)ccc1=O. The molecule has 8 nitrogen and oxygen atoms in total. The van der Waals surface area contributed by atoms with E-state index in [-0.39, 0.29) is 11.5 Å². The summed E-state index contributed by atoms with van der Waals surface area (Å²) >= 11 is 0. The Bertz CT molecular complexity index is 982. The first-order valence-electron chi connectivity index (χ1n) is 8.98. The molecule has 2 N–H and O–H groups in total. The number of piperidine rings is 1. The van der Waals surface area contributed by atoms with Crippen LogP contribution in [-0.2, 0) is 11.8 Å². The summed E-state index contributed by atoms with van der Waals surface area (Å²) in [5.41, 5.74) is 0.805. The van der Waals surface area contributed by atoms with Gasteiger partial charge in [-0.2, -0.15) is 0 Å². The second-order valence-electron chi connectivity index (χ2n) is 6.75. The highest BCUT2D eigenvalue weighted by Gasteiger charge is 2.32. The van der Waals surface area contributed by atoms with E-state index in [2.05, 4.69) is 5.32 Å². The molecule has 1 unspecified atom stereocenters. The molecule has 146 valence electrons. The van der Waals surface area contributed by atoms with E-state index in [1.54, 1.807) is 25.2 Å². The lowest BCUT2D eigenvalue weighted by atomic mass is 10.0. The molecule has 1 aliphatic heterocycles. The summed E-state index contributed by atoms with van der Waals surface area (Å²) in [6.45, 7) is 0.393. The first-order chi connectivity index (χ1) is 13.4. The highest BCUT2D eigenvalue weighted by atomic mass is 16.4. The minimum Gasteiger partial charge on any atom is -0.480 e. The first-order valence-corrected chi connectivity index (χ1v) is 8.98. The molecular weight excluding hydrogens is 362 g/mol. The van der Waals surface area contributed by atoms with Crippen LogP contribution < -0.4 is 10.9 Å². The van der Waals surface area contributed by atoms with E-state index in [9.17, 15) is 24.3 Å². The van der Waals surface area contributed by atoms with Crippen molar-refractivity contribution in [1.82, 2.24) is 9.47 Å². The van der Waals surface area contributed by atoms with Crippen molar-refractivity contribution in [3.8, 4) is 0 Å². The Morgan fingerprint density at radius 2 is 1.89 bits per heavy atom. The number of pyridine rings is 1. The van der Waals surface area contributed by atoms with Crippen LogP contribution >= 0.6 is 0 Å². The van der Waals surface area contributed by atoms with Gasteiger partial charge < -0.3 is 19.9 Å². The molecule has 2 amide bonds. The van der Waals surface area contributed by atoms with Crippen molar-refractivity contribution < 1.29 is 19.5 Å². The third-order valence-corrected chi connectivity index (χ3v) is 4.76. The van der Waals surface area contributed by atoms with Crippen LogP contribution in [0, 0.1) is 0 Å². The van der Waals surface area contributed by atoms with Crippen LogP contribution in [0.25, 0.3) is 0 Å². The number of nitrogens with one attached hydrogen (secondary N) is 1. The predicted octanol–water partition coefficient (Wildman–Crippen LogP) is 1.72. The number of carbonyl (C=O) groups excluding carboxylic acids is 2. The minimum absolute atomic E-state index is 0.223. The van der Waals surface area contributed by atoms with E-state index in [0.717, 1.165) is 12.8 Å². The van der Waals surface area contributed by atoms with Gasteiger partial charge in [0.2, 0.25) is 5.56 Å². The summed E-state index contributed by atoms with van der Waals surface area (Å²) in [6, 6.07) is 8.29. The second kappa shape index (κ2) is 8.08. The number of amides is 2. The molecule has 1 fully saturated rings. The molecule has 2 aromatic rings. The molecule has 0 radical (unpaired) electrons. The number of carbonyl (C=O) groups is 3. The van der Waals surface area contributed by atoms with Gasteiger partial charge >= 0.3 is 5.97 Å². The molecule has 1 atom stereocenters. The summed E-state index contributed by atoms with van der Waals surface area (Å²) in [6.07, 6.45) is 3.40. The van der Waals surface area contributed by atoms with E-state index in [1.165, 1.54) is 33.9 Å². The van der Waals surface area contributed by atoms with Crippen LogP contribution in [0.15, 0.2) is 47.4 Å². The molecule has 28 heavy (non-hydrogen) atoms. The van der Waals surface area contributed by atoms with E-state index >= 15 is 0 Å². The van der Waals surface area contributed by atoms with Crippen molar-refractivity contribution in [3.63, 3.8) is 0 Å². The van der Waals surface area contributed by atoms with Crippen LogP contribution in [0.4, 0.5) is 5.69 Å². The van der Waals surface area contributed by atoms with Gasteiger partial charge in [0.1, 0.15) is 6.04 Å². The molecule has 1 aromatic carbocycles. The van der Waals surface area contributed by atoms with E-state index < -0.39 is 17.9 Å². The number of carboxylic acid groups (broad SMARTS) is 1. The van der Waals surface area contributed by atoms with Crippen molar-refractivity contribution in [3.05, 3.63) is 64.1 Å². The van der Waals surface area contributed by atoms with Crippen LogP contribution in [0.1, 0.15) is 40.0 Å². The fourth-order valence-electron chi connectivity index (χ4n) is 3.26. The van der Waals surface area contributed by atoms with Crippen LogP contribution in [0.5, 0.6) is 0 Å². The van der Waals surface area contributed by atoms with E-state index in [4.69, 9.17) is 0 Å². The molecule has 1 aliphatic rings. The molecule has 3 rings (SSSR count). The number of nitrogens with zero attached hydrogens (tertiary/aromatic N) is 2. The van der Waals surface area contributed by atoms with Crippen LogP contribution in [-0.4, -0.2) is 44.9 Å². The molecule has 0 spiro atoms. The van der Waals surface area contributed by atoms with Gasteiger partial charge in [0, 0.05) is 37.1 Å². The lowest BCUT2D eigenvalue weighted by molar-refractivity contribution is -0.143. The average Bonchev–Trinajstić information content (AvgIpc) is 2.69. The highest BCUT2D eigenvalue weighted by Crippen LogP contribution is 2.21. The zero-order chi connectivity index (χ0) is 20.3. The predicted molar refractivity (Wildman–Crippen MR) is 102 cm³/mol. The minimum atomic E-state index is -1.01. The summed E-state index contributed by atoms with van der Waals surface area (Å²) in [5, 5.41) is 12.1. The Morgan fingerprint density at radius 3 is 2.61 bits per heavy atom. The van der Waals surface area contributed by atoms with Gasteiger partial charge in [-0.15, -0.1) is 0 Å². The van der Waals surface area contributed by atoms with Crippen LogP contribution in [0.2, 0.25) is 0 Å². The molecule has 8 heteroatoms. The van der Waals surface area contributed by atoms with Gasteiger partial charge in [-0.3, -0.25) is 14.4 Å². The van der Waals surface area contributed by atoms with E-state index in [0.29, 0.717) is 29.8 Å². The number of aliphatic carboxylic acids is 1. The monoisotopic (exact) mass is 383 g/mol. The third-order valence-electron chi connectivity index (χ3n) is 4.76. The molecule has 1 saturated heterocycles. The fraction of sp³-hybridized carbons (Fsp3) is 0.300. The molecule has 0 bridgehead atoms. The largest absolute Gasteiger partial charge is 0.480 e. The Hall–Kier alpha value is -3.42. The smallest absolute Gasteiger partial charge is 0.326 e. The number of rotatable bonds is 4. The van der Waals surface area contributed by atoms with Crippen molar-refractivity contribution in [2.45, 2.75) is 25.3 Å². The number of hydrogen-bond donors (Lipinski definition) is 2. The number of aromatic nitrogens is 1. The Morgan fingerprint density at radius 1 is 1.11 bits per heavy atom. The maximum absolute atomic E-state index is 12.8. The molecule has 1 aromatic heterocycles. The molecule has 0 aliphatic carbocycles. The summed E-state index contributed by atoms with van der Waals surface area (Å²) in [5.74, 6) is -1.79. The maximum Gasteiger partial charge on any atom is 0.326 e. The van der Waals surface area contributed by atoms with Gasteiger partial charge in [-0.25, -0.2) is 4.79 Å². The number of anilines is 1. The van der Waals surface area contributed by atoms with Crippen molar-refractivity contribution in [2.24, 2.45) is 7.05 Å². The van der Waals surface area contributed by atoms with Gasteiger partial charge in [-0.1, -0.05) is 6.07 Å². The van der Waals surface area contributed by atoms with E-state index in [1.807, 2.05) is 0 Å². The summed E-state index contributed by atoms with van der Waals surface area (Å²) in [7, 11) is 1.55. The number of hydrogen-bond acceptors (Lipinski definition) is 4. The number of benzene rings is 1. The Balaban J connectivity index is 1.78.